The van der Waals surface area contributed by atoms with Gasteiger partial charge in [0.05, 0.1) is 5.02 Å². The van der Waals surface area contributed by atoms with Crippen LogP contribution >= 0.6 is 23.2 Å². The van der Waals surface area contributed by atoms with Crippen molar-refractivity contribution in [3.8, 4) is 5.75 Å². The molecule has 0 atom stereocenters. The molecule has 0 spiro atoms. The van der Waals surface area contributed by atoms with E-state index in [9.17, 15) is 9.59 Å². The average Bonchev–Trinajstić information content (AvgIpc) is 2.25. The molecule has 0 heterocycles. The monoisotopic (exact) mass is 277 g/mol. The highest BCUT2D eigenvalue weighted by atomic mass is 35.5. The number of rotatable bonds is 3. The molecule has 0 fully saturated rings. The molecule has 0 saturated heterocycles. The van der Waals surface area contributed by atoms with Crippen molar-refractivity contribution in [1.82, 2.24) is 5.48 Å². The van der Waals surface area contributed by atoms with E-state index in [1.165, 1.54) is 19.1 Å². The van der Waals surface area contributed by atoms with Gasteiger partial charge in [-0.1, -0.05) is 23.2 Å². The van der Waals surface area contributed by atoms with Gasteiger partial charge in [-0.15, -0.1) is 0 Å². The third-order valence-corrected chi connectivity index (χ3v) is 2.08. The van der Waals surface area contributed by atoms with Crippen LogP contribution in [0.15, 0.2) is 18.2 Å². The van der Waals surface area contributed by atoms with E-state index in [-0.39, 0.29) is 11.6 Å². The van der Waals surface area contributed by atoms with E-state index in [0.29, 0.717) is 10.8 Å². The minimum Gasteiger partial charge on any atom is -0.480 e. The summed E-state index contributed by atoms with van der Waals surface area (Å²) >= 11 is 11.5. The number of carbonyl (C=O) groups is 2. The first kappa shape index (κ1) is 13.6. The minimum absolute atomic E-state index is 0.282. The number of hydrogen-bond acceptors (Lipinski definition) is 4. The van der Waals surface area contributed by atoms with Gasteiger partial charge in [0.25, 0.3) is 0 Å². The van der Waals surface area contributed by atoms with Gasteiger partial charge >= 0.3 is 5.97 Å². The summed E-state index contributed by atoms with van der Waals surface area (Å²) in [6.45, 7) is 0.839. The number of amides is 1. The first-order valence-corrected chi connectivity index (χ1v) is 5.28. The summed E-state index contributed by atoms with van der Waals surface area (Å²) in [6, 6.07) is 4.58. The number of hydroxylamine groups is 1. The quantitative estimate of drug-likeness (QED) is 0.858. The lowest BCUT2D eigenvalue weighted by atomic mass is 10.3. The Labute approximate surface area is 108 Å². The summed E-state index contributed by atoms with van der Waals surface area (Å²) in [5.74, 6) is -0.926. The molecule has 0 aromatic heterocycles. The predicted molar refractivity (Wildman–Crippen MR) is 61.9 cm³/mol. The molecular formula is C10H9Cl2NO4. The fourth-order valence-corrected chi connectivity index (χ4v) is 1.35. The molecule has 0 aliphatic carbocycles. The summed E-state index contributed by atoms with van der Waals surface area (Å²) in [5, 5.41) is 0.744. The first-order valence-electron chi connectivity index (χ1n) is 4.53. The molecule has 5 nitrogen and oxygen atoms in total. The van der Waals surface area contributed by atoms with E-state index in [2.05, 4.69) is 4.84 Å². The Bertz CT molecular complexity index is 436. The molecule has 0 bridgehead atoms. The van der Waals surface area contributed by atoms with E-state index in [1.54, 1.807) is 6.07 Å². The van der Waals surface area contributed by atoms with Gasteiger partial charge in [-0.05, 0) is 18.2 Å². The number of halogens is 2. The van der Waals surface area contributed by atoms with Crippen LogP contribution in [0.4, 0.5) is 0 Å². The number of hydrogen-bond donors (Lipinski definition) is 1. The lowest BCUT2D eigenvalue weighted by molar-refractivity contribution is -0.159. The second-order valence-corrected chi connectivity index (χ2v) is 3.84. The highest BCUT2D eigenvalue weighted by molar-refractivity contribution is 6.35. The van der Waals surface area contributed by atoms with Gasteiger partial charge in [0, 0.05) is 11.9 Å². The van der Waals surface area contributed by atoms with Crippen LogP contribution < -0.4 is 10.2 Å². The van der Waals surface area contributed by atoms with Gasteiger partial charge in [0.2, 0.25) is 5.91 Å². The molecule has 17 heavy (non-hydrogen) atoms. The van der Waals surface area contributed by atoms with Crippen molar-refractivity contribution < 1.29 is 19.2 Å². The molecule has 92 valence electrons. The average molecular weight is 278 g/mol. The van der Waals surface area contributed by atoms with Crippen molar-refractivity contribution >= 4 is 35.1 Å². The summed E-state index contributed by atoms with van der Waals surface area (Å²) in [7, 11) is 0. The molecule has 0 saturated carbocycles. The summed E-state index contributed by atoms with van der Waals surface area (Å²) < 4.78 is 5.07. The maximum atomic E-state index is 11.1. The molecule has 1 amide bonds. The van der Waals surface area contributed by atoms with Crippen molar-refractivity contribution in [2.24, 2.45) is 0 Å². The molecule has 1 N–H and O–H groups in total. The Kier molecular flexibility index (Phi) is 5.06. The molecule has 0 unspecified atom stereocenters. The van der Waals surface area contributed by atoms with Crippen LogP contribution in [-0.4, -0.2) is 18.5 Å². The van der Waals surface area contributed by atoms with Crippen LogP contribution in [0.5, 0.6) is 5.75 Å². The van der Waals surface area contributed by atoms with Gasteiger partial charge in [0.1, 0.15) is 5.75 Å². The fourth-order valence-electron chi connectivity index (χ4n) is 0.887. The molecule has 1 aromatic carbocycles. The maximum Gasteiger partial charge on any atom is 0.369 e. The third kappa shape index (κ3) is 4.93. The number of benzene rings is 1. The molecular weight excluding hydrogens is 269 g/mol. The Balaban J connectivity index is 2.44. The van der Waals surface area contributed by atoms with E-state index in [4.69, 9.17) is 27.9 Å². The molecule has 0 radical (unpaired) electrons. The highest BCUT2D eigenvalue weighted by Crippen LogP contribution is 2.27. The zero-order valence-corrected chi connectivity index (χ0v) is 10.3. The van der Waals surface area contributed by atoms with Crippen molar-refractivity contribution in [2.45, 2.75) is 6.92 Å². The van der Waals surface area contributed by atoms with Crippen molar-refractivity contribution in [3.05, 3.63) is 28.2 Å². The molecule has 7 heteroatoms. The van der Waals surface area contributed by atoms with Gasteiger partial charge < -0.3 is 9.57 Å². The van der Waals surface area contributed by atoms with Crippen LogP contribution in [-0.2, 0) is 14.4 Å². The first-order chi connectivity index (χ1) is 7.99. The lowest BCUT2D eigenvalue weighted by Gasteiger charge is -2.07. The van der Waals surface area contributed by atoms with Gasteiger partial charge in [0.15, 0.2) is 6.61 Å². The second kappa shape index (κ2) is 6.32. The molecule has 1 aromatic rings. The summed E-state index contributed by atoms with van der Waals surface area (Å²) in [4.78, 5) is 25.9. The Morgan fingerprint density at radius 2 is 2.06 bits per heavy atom. The molecule has 0 aliphatic rings. The SMILES string of the molecule is CC(=O)NOC(=O)COc1ccc(Cl)cc1Cl. The fraction of sp³-hybridized carbons (Fsp3) is 0.200. The Hall–Kier alpha value is -1.46. The van der Waals surface area contributed by atoms with Crippen molar-refractivity contribution in [3.63, 3.8) is 0 Å². The van der Waals surface area contributed by atoms with Crippen LogP contribution in [0, 0.1) is 0 Å². The third-order valence-electron chi connectivity index (χ3n) is 1.55. The Morgan fingerprint density at radius 3 is 2.65 bits per heavy atom. The van der Waals surface area contributed by atoms with Crippen molar-refractivity contribution in [1.29, 1.82) is 0 Å². The van der Waals surface area contributed by atoms with Crippen molar-refractivity contribution in [2.75, 3.05) is 6.61 Å². The zero-order valence-electron chi connectivity index (χ0n) is 8.83. The summed E-state index contributed by atoms with van der Waals surface area (Å²) in [6.07, 6.45) is 0. The second-order valence-electron chi connectivity index (χ2n) is 3.00. The van der Waals surface area contributed by atoms with Crippen LogP contribution in [0.3, 0.4) is 0 Å². The maximum absolute atomic E-state index is 11.1. The predicted octanol–water partition coefficient (Wildman–Crippen LogP) is 1.97. The minimum atomic E-state index is -0.744. The normalized spacial score (nSPS) is 9.59. The molecule has 1 rings (SSSR count). The van der Waals surface area contributed by atoms with E-state index in [1.807, 2.05) is 5.48 Å². The van der Waals surface area contributed by atoms with E-state index in [0.717, 1.165) is 0 Å². The smallest absolute Gasteiger partial charge is 0.369 e. The van der Waals surface area contributed by atoms with Crippen LogP contribution in [0.2, 0.25) is 10.0 Å². The van der Waals surface area contributed by atoms with Crippen LogP contribution in [0.25, 0.3) is 0 Å². The number of ether oxygens (including phenoxy) is 1. The van der Waals surface area contributed by atoms with E-state index < -0.39 is 11.9 Å². The Morgan fingerprint density at radius 1 is 1.35 bits per heavy atom. The zero-order chi connectivity index (χ0) is 12.8. The van der Waals surface area contributed by atoms with Gasteiger partial charge in [-0.2, -0.15) is 5.48 Å². The standard InChI is InChI=1S/C10H9Cl2NO4/c1-6(14)13-17-10(15)5-16-9-3-2-7(11)4-8(9)12/h2-4H,5H2,1H3,(H,13,14). The lowest BCUT2D eigenvalue weighted by Crippen LogP contribution is -2.27. The van der Waals surface area contributed by atoms with Crippen LogP contribution in [0.1, 0.15) is 6.92 Å². The topological polar surface area (TPSA) is 64.6 Å². The highest BCUT2D eigenvalue weighted by Gasteiger charge is 2.08. The van der Waals surface area contributed by atoms with Gasteiger partial charge in [-0.25, -0.2) is 4.79 Å². The van der Waals surface area contributed by atoms with E-state index >= 15 is 0 Å². The number of nitrogens with one attached hydrogen (secondary N) is 1. The molecule has 0 aliphatic heterocycles. The number of carbonyl (C=O) groups excluding carboxylic acids is 2. The summed E-state index contributed by atoms with van der Waals surface area (Å²) in [5.41, 5.74) is 1.88. The van der Waals surface area contributed by atoms with Gasteiger partial charge in [-0.3, -0.25) is 4.79 Å². The largest absolute Gasteiger partial charge is 0.480 e.